The molecule has 4 heteroatoms. The van der Waals surface area contributed by atoms with Crippen LogP contribution in [0.2, 0.25) is 0 Å². The normalized spacial score (nSPS) is 25.3. The lowest BCUT2D eigenvalue weighted by Gasteiger charge is -2.43. The predicted octanol–water partition coefficient (Wildman–Crippen LogP) is -0.193. The highest BCUT2D eigenvalue weighted by atomic mass is 16.5. The Bertz CT molecular complexity index is 174. The fourth-order valence-corrected chi connectivity index (χ4v) is 1.89. The minimum absolute atomic E-state index is 0.0270. The number of morpholine rings is 1. The molecule has 0 spiro atoms. The predicted molar refractivity (Wildman–Crippen MR) is 56.1 cm³/mol. The molecule has 0 saturated carbocycles. The standard InChI is InChI=1S/C10H22N2O2/c1-10(2,3-4-11)12-5-6-14-9(7-12)8-13/h9,13H,3-8,11H2,1-2H3. The third kappa shape index (κ3) is 2.92. The van der Waals surface area contributed by atoms with Gasteiger partial charge in [-0.05, 0) is 26.8 Å². The molecule has 1 rings (SSSR count). The molecule has 0 radical (unpaired) electrons. The van der Waals surface area contributed by atoms with Gasteiger partial charge in [0.1, 0.15) is 0 Å². The molecule has 1 heterocycles. The van der Waals surface area contributed by atoms with Gasteiger partial charge >= 0.3 is 0 Å². The van der Waals surface area contributed by atoms with E-state index in [2.05, 4.69) is 18.7 Å². The van der Waals surface area contributed by atoms with Crippen LogP contribution in [0.1, 0.15) is 20.3 Å². The average Bonchev–Trinajstić information content (AvgIpc) is 2.18. The maximum atomic E-state index is 9.03. The van der Waals surface area contributed by atoms with Gasteiger partial charge in [0.05, 0.1) is 19.3 Å². The quantitative estimate of drug-likeness (QED) is 0.663. The molecule has 0 amide bonds. The molecule has 1 unspecified atom stereocenters. The summed E-state index contributed by atoms with van der Waals surface area (Å²) in [4.78, 5) is 2.35. The lowest BCUT2D eigenvalue weighted by atomic mass is 9.97. The van der Waals surface area contributed by atoms with Crippen LogP contribution in [0.4, 0.5) is 0 Å². The summed E-state index contributed by atoms with van der Waals surface area (Å²) in [6, 6.07) is 0. The first-order valence-corrected chi connectivity index (χ1v) is 5.27. The highest BCUT2D eigenvalue weighted by Gasteiger charge is 2.30. The molecular weight excluding hydrogens is 180 g/mol. The molecule has 0 aromatic carbocycles. The summed E-state index contributed by atoms with van der Waals surface area (Å²) in [7, 11) is 0. The van der Waals surface area contributed by atoms with E-state index in [4.69, 9.17) is 15.6 Å². The van der Waals surface area contributed by atoms with Crippen molar-refractivity contribution in [3.63, 3.8) is 0 Å². The molecule has 0 aromatic rings. The van der Waals surface area contributed by atoms with Crippen molar-refractivity contribution >= 4 is 0 Å². The van der Waals surface area contributed by atoms with E-state index in [1.165, 1.54) is 0 Å². The number of hydrogen-bond acceptors (Lipinski definition) is 4. The van der Waals surface area contributed by atoms with Gasteiger partial charge in [-0.25, -0.2) is 0 Å². The molecule has 3 N–H and O–H groups in total. The van der Waals surface area contributed by atoms with E-state index in [9.17, 15) is 0 Å². The number of aliphatic hydroxyl groups excluding tert-OH is 1. The maximum absolute atomic E-state index is 9.03. The van der Waals surface area contributed by atoms with Gasteiger partial charge in [-0.2, -0.15) is 0 Å². The number of aliphatic hydroxyl groups is 1. The van der Waals surface area contributed by atoms with Gasteiger partial charge in [0.25, 0.3) is 0 Å². The van der Waals surface area contributed by atoms with E-state index < -0.39 is 0 Å². The molecule has 0 aliphatic carbocycles. The zero-order chi connectivity index (χ0) is 10.6. The Morgan fingerprint density at radius 1 is 1.57 bits per heavy atom. The SMILES string of the molecule is CC(C)(CCN)N1CCOC(CO)C1. The molecule has 14 heavy (non-hydrogen) atoms. The van der Waals surface area contributed by atoms with Crippen molar-refractivity contribution in [1.82, 2.24) is 4.90 Å². The van der Waals surface area contributed by atoms with Crippen molar-refractivity contribution in [2.75, 3.05) is 32.8 Å². The molecule has 1 fully saturated rings. The molecule has 1 saturated heterocycles. The molecule has 1 aliphatic heterocycles. The zero-order valence-electron chi connectivity index (χ0n) is 9.20. The first-order chi connectivity index (χ1) is 6.60. The largest absolute Gasteiger partial charge is 0.394 e. The Labute approximate surface area is 86.0 Å². The number of nitrogens with zero attached hydrogens (tertiary/aromatic N) is 1. The van der Waals surface area contributed by atoms with Crippen LogP contribution in [0.5, 0.6) is 0 Å². The Kier molecular flexibility index (Phi) is 4.31. The summed E-state index contributed by atoms with van der Waals surface area (Å²) in [5.41, 5.74) is 5.70. The molecule has 1 atom stereocenters. The molecule has 84 valence electrons. The van der Waals surface area contributed by atoms with Crippen LogP contribution in [-0.2, 0) is 4.74 Å². The summed E-state index contributed by atoms with van der Waals surface area (Å²) in [5.74, 6) is 0. The summed E-state index contributed by atoms with van der Waals surface area (Å²) < 4.78 is 5.41. The van der Waals surface area contributed by atoms with Crippen LogP contribution in [0.3, 0.4) is 0 Å². The zero-order valence-corrected chi connectivity index (χ0v) is 9.20. The minimum atomic E-state index is -0.0270. The molecule has 0 bridgehead atoms. The number of hydrogen-bond donors (Lipinski definition) is 2. The lowest BCUT2D eigenvalue weighted by molar-refractivity contribution is -0.0810. The summed E-state index contributed by atoms with van der Waals surface area (Å²) in [6.45, 7) is 7.65. The van der Waals surface area contributed by atoms with Crippen molar-refractivity contribution in [1.29, 1.82) is 0 Å². The lowest BCUT2D eigenvalue weighted by Crippen LogP contribution is -2.54. The number of nitrogens with two attached hydrogens (primary N) is 1. The molecular formula is C10H22N2O2. The highest BCUT2D eigenvalue weighted by molar-refractivity contribution is 4.85. The van der Waals surface area contributed by atoms with Crippen molar-refractivity contribution < 1.29 is 9.84 Å². The van der Waals surface area contributed by atoms with Crippen molar-refractivity contribution in [2.24, 2.45) is 5.73 Å². The van der Waals surface area contributed by atoms with Crippen LogP contribution < -0.4 is 5.73 Å². The molecule has 4 nitrogen and oxygen atoms in total. The molecule has 0 aromatic heterocycles. The van der Waals surface area contributed by atoms with Gasteiger partial charge in [0, 0.05) is 18.6 Å². The van der Waals surface area contributed by atoms with E-state index in [1.807, 2.05) is 0 Å². The van der Waals surface area contributed by atoms with Crippen molar-refractivity contribution in [3.05, 3.63) is 0 Å². The summed E-state index contributed by atoms with van der Waals surface area (Å²) in [6.07, 6.45) is 0.950. The number of rotatable bonds is 4. The Morgan fingerprint density at radius 3 is 2.86 bits per heavy atom. The second-order valence-electron chi connectivity index (χ2n) is 4.47. The Hall–Kier alpha value is -0.160. The van der Waals surface area contributed by atoms with Crippen LogP contribution in [0.25, 0.3) is 0 Å². The first kappa shape index (κ1) is 11.9. The van der Waals surface area contributed by atoms with Crippen LogP contribution in [0, 0.1) is 0 Å². The van der Waals surface area contributed by atoms with E-state index in [1.54, 1.807) is 0 Å². The van der Waals surface area contributed by atoms with Gasteiger partial charge in [-0.1, -0.05) is 0 Å². The highest BCUT2D eigenvalue weighted by Crippen LogP contribution is 2.21. The maximum Gasteiger partial charge on any atom is 0.0933 e. The van der Waals surface area contributed by atoms with Crippen molar-refractivity contribution in [2.45, 2.75) is 31.9 Å². The van der Waals surface area contributed by atoms with Gasteiger partial charge in [0.2, 0.25) is 0 Å². The van der Waals surface area contributed by atoms with E-state index >= 15 is 0 Å². The van der Waals surface area contributed by atoms with E-state index in [-0.39, 0.29) is 18.2 Å². The Balaban J connectivity index is 2.49. The van der Waals surface area contributed by atoms with Gasteiger partial charge in [-0.15, -0.1) is 0 Å². The fraction of sp³-hybridized carbons (Fsp3) is 1.00. The second-order valence-corrected chi connectivity index (χ2v) is 4.47. The average molecular weight is 202 g/mol. The first-order valence-electron chi connectivity index (χ1n) is 5.27. The van der Waals surface area contributed by atoms with Crippen LogP contribution in [-0.4, -0.2) is 54.5 Å². The summed E-state index contributed by atoms with van der Waals surface area (Å²) >= 11 is 0. The fourth-order valence-electron chi connectivity index (χ4n) is 1.89. The monoisotopic (exact) mass is 202 g/mol. The third-order valence-corrected chi connectivity index (χ3v) is 2.95. The smallest absolute Gasteiger partial charge is 0.0933 e. The van der Waals surface area contributed by atoms with Crippen molar-refractivity contribution in [3.8, 4) is 0 Å². The van der Waals surface area contributed by atoms with E-state index in [0.717, 1.165) is 19.5 Å². The number of ether oxygens (including phenoxy) is 1. The Morgan fingerprint density at radius 2 is 2.29 bits per heavy atom. The minimum Gasteiger partial charge on any atom is -0.394 e. The summed E-state index contributed by atoms with van der Waals surface area (Å²) in [5, 5.41) is 9.03. The van der Waals surface area contributed by atoms with Crippen LogP contribution >= 0.6 is 0 Å². The van der Waals surface area contributed by atoms with Crippen LogP contribution in [0.15, 0.2) is 0 Å². The van der Waals surface area contributed by atoms with Gasteiger partial charge in [-0.3, -0.25) is 4.90 Å². The van der Waals surface area contributed by atoms with Gasteiger partial charge in [0.15, 0.2) is 0 Å². The van der Waals surface area contributed by atoms with E-state index in [0.29, 0.717) is 13.2 Å². The third-order valence-electron chi connectivity index (χ3n) is 2.95. The molecule has 1 aliphatic rings. The second kappa shape index (κ2) is 5.07. The van der Waals surface area contributed by atoms with Gasteiger partial charge < -0.3 is 15.6 Å². The topological polar surface area (TPSA) is 58.7 Å².